The van der Waals surface area contributed by atoms with Crippen LogP contribution >= 0.6 is 0 Å². The first-order chi connectivity index (χ1) is 9.84. The second kappa shape index (κ2) is 5.96. The Morgan fingerprint density at radius 2 is 1.95 bits per heavy atom. The molecule has 0 amide bonds. The van der Waals surface area contributed by atoms with E-state index in [4.69, 9.17) is 10.5 Å². The number of hydrogen-bond donors (Lipinski definition) is 1. The van der Waals surface area contributed by atoms with Crippen molar-refractivity contribution in [2.75, 3.05) is 24.8 Å². The van der Waals surface area contributed by atoms with Crippen LogP contribution in [0.25, 0.3) is 0 Å². The molecule has 0 bridgehead atoms. The Hall–Kier alpha value is -1.71. The van der Waals surface area contributed by atoms with Gasteiger partial charge in [0, 0.05) is 24.5 Å². The minimum Gasteiger partial charge on any atom is -0.465 e. The lowest BCUT2D eigenvalue weighted by Crippen LogP contribution is -2.37. The van der Waals surface area contributed by atoms with Crippen LogP contribution in [0.2, 0.25) is 0 Å². The zero-order valence-corrected chi connectivity index (χ0v) is 13.5. The summed E-state index contributed by atoms with van der Waals surface area (Å²) in [7, 11) is 3.47. The molecule has 1 saturated carbocycles. The number of nitrogen functional groups attached to an aromatic ring is 1. The molecule has 0 unspecified atom stereocenters. The Kier molecular flexibility index (Phi) is 4.45. The molecule has 0 saturated heterocycles. The van der Waals surface area contributed by atoms with Gasteiger partial charge in [-0.1, -0.05) is 13.8 Å². The Morgan fingerprint density at radius 1 is 1.33 bits per heavy atom. The van der Waals surface area contributed by atoms with Crippen molar-refractivity contribution in [1.82, 2.24) is 0 Å². The number of anilines is 2. The number of nitrogens with two attached hydrogens (primary N) is 1. The van der Waals surface area contributed by atoms with E-state index in [9.17, 15) is 4.79 Å². The first-order valence-electron chi connectivity index (χ1n) is 7.55. The van der Waals surface area contributed by atoms with Crippen molar-refractivity contribution < 1.29 is 9.53 Å². The number of ether oxygens (including phenoxy) is 1. The van der Waals surface area contributed by atoms with Crippen LogP contribution in [0.5, 0.6) is 0 Å². The monoisotopic (exact) mass is 290 g/mol. The standard InChI is InChI=1S/C17H26N2O2/c1-17(2)9-7-12(8-10-17)19(3)13-5-6-15(18)14(11-13)16(20)21-4/h5-6,11-12H,7-10,18H2,1-4H3. The number of hydrogen-bond acceptors (Lipinski definition) is 4. The van der Waals surface area contributed by atoms with Crippen LogP contribution in [-0.2, 0) is 4.74 Å². The summed E-state index contributed by atoms with van der Waals surface area (Å²) in [5.74, 6) is -0.382. The Labute approximate surface area is 127 Å². The molecule has 1 aromatic carbocycles. The molecule has 116 valence electrons. The van der Waals surface area contributed by atoms with Gasteiger partial charge in [-0.2, -0.15) is 0 Å². The molecule has 0 radical (unpaired) electrons. The molecule has 0 atom stereocenters. The molecule has 1 aliphatic rings. The van der Waals surface area contributed by atoms with E-state index < -0.39 is 0 Å². The summed E-state index contributed by atoms with van der Waals surface area (Å²) in [6.07, 6.45) is 4.84. The molecule has 4 nitrogen and oxygen atoms in total. The van der Waals surface area contributed by atoms with E-state index in [-0.39, 0.29) is 5.97 Å². The van der Waals surface area contributed by atoms with E-state index >= 15 is 0 Å². The molecule has 2 N–H and O–H groups in total. The number of esters is 1. The summed E-state index contributed by atoms with van der Waals surface area (Å²) in [5.41, 5.74) is 8.24. The topological polar surface area (TPSA) is 55.6 Å². The molecule has 0 aliphatic heterocycles. The lowest BCUT2D eigenvalue weighted by molar-refractivity contribution is 0.0602. The van der Waals surface area contributed by atoms with Crippen molar-refractivity contribution in [1.29, 1.82) is 0 Å². The van der Waals surface area contributed by atoms with Gasteiger partial charge in [0.15, 0.2) is 0 Å². The normalized spacial score (nSPS) is 18.3. The van der Waals surface area contributed by atoms with Crippen molar-refractivity contribution in [2.45, 2.75) is 45.6 Å². The maximum absolute atomic E-state index is 11.7. The Morgan fingerprint density at radius 3 is 2.52 bits per heavy atom. The van der Waals surface area contributed by atoms with Crippen LogP contribution in [-0.4, -0.2) is 26.2 Å². The highest BCUT2D eigenvalue weighted by atomic mass is 16.5. The first-order valence-corrected chi connectivity index (χ1v) is 7.55. The van der Waals surface area contributed by atoms with E-state index in [1.165, 1.54) is 32.8 Å². The zero-order chi connectivity index (χ0) is 15.6. The van der Waals surface area contributed by atoms with Gasteiger partial charge in [-0.3, -0.25) is 0 Å². The fraction of sp³-hybridized carbons (Fsp3) is 0.588. The van der Waals surface area contributed by atoms with Gasteiger partial charge in [0.05, 0.1) is 12.7 Å². The summed E-state index contributed by atoms with van der Waals surface area (Å²) >= 11 is 0. The van der Waals surface area contributed by atoms with Crippen LogP contribution in [0.3, 0.4) is 0 Å². The largest absolute Gasteiger partial charge is 0.465 e. The highest BCUT2D eigenvalue weighted by molar-refractivity contribution is 5.96. The van der Waals surface area contributed by atoms with E-state index in [0.29, 0.717) is 22.7 Å². The molecular weight excluding hydrogens is 264 g/mol. The minimum absolute atomic E-state index is 0.382. The highest BCUT2D eigenvalue weighted by Crippen LogP contribution is 2.38. The van der Waals surface area contributed by atoms with Crippen LogP contribution in [0.1, 0.15) is 49.9 Å². The fourth-order valence-corrected chi connectivity index (χ4v) is 3.03. The molecule has 1 fully saturated rings. The van der Waals surface area contributed by atoms with Crippen LogP contribution in [0, 0.1) is 5.41 Å². The maximum Gasteiger partial charge on any atom is 0.340 e. The van der Waals surface area contributed by atoms with E-state index in [2.05, 4.69) is 25.8 Å². The summed E-state index contributed by atoms with van der Waals surface area (Å²) in [4.78, 5) is 14.0. The van der Waals surface area contributed by atoms with Gasteiger partial charge < -0.3 is 15.4 Å². The number of benzene rings is 1. The molecule has 0 spiro atoms. The third-order valence-electron chi connectivity index (χ3n) is 4.71. The second-order valence-electron chi connectivity index (χ2n) is 6.77. The molecule has 21 heavy (non-hydrogen) atoms. The van der Waals surface area contributed by atoms with Crippen molar-refractivity contribution in [3.63, 3.8) is 0 Å². The molecule has 1 aromatic rings. The maximum atomic E-state index is 11.7. The summed E-state index contributed by atoms with van der Waals surface area (Å²) in [5, 5.41) is 0. The molecule has 4 heteroatoms. The van der Waals surface area contributed by atoms with Gasteiger partial charge in [-0.15, -0.1) is 0 Å². The quantitative estimate of drug-likeness (QED) is 0.684. The predicted molar refractivity (Wildman–Crippen MR) is 86.6 cm³/mol. The van der Waals surface area contributed by atoms with Crippen molar-refractivity contribution in [3.8, 4) is 0 Å². The predicted octanol–water partition coefficient (Wildman–Crippen LogP) is 3.46. The average Bonchev–Trinajstić information content (AvgIpc) is 2.46. The summed E-state index contributed by atoms with van der Waals surface area (Å²) in [6.45, 7) is 4.67. The lowest BCUT2D eigenvalue weighted by Gasteiger charge is -2.39. The molecule has 0 aromatic heterocycles. The van der Waals surface area contributed by atoms with Crippen LogP contribution in [0.4, 0.5) is 11.4 Å². The van der Waals surface area contributed by atoms with Crippen molar-refractivity contribution >= 4 is 17.3 Å². The van der Waals surface area contributed by atoms with E-state index in [1.807, 2.05) is 12.1 Å². The fourth-order valence-electron chi connectivity index (χ4n) is 3.03. The lowest BCUT2D eigenvalue weighted by atomic mass is 9.75. The zero-order valence-electron chi connectivity index (χ0n) is 13.5. The molecule has 2 rings (SSSR count). The summed E-state index contributed by atoms with van der Waals surface area (Å²) in [6, 6.07) is 6.11. The van der Waals surface area contributed by atoms with Gasteiger partial charge >= 0.3 is 5.97 Å². The molecule has 1 aliphatic carbocycles. The average molecular weight is 290 g/mol. The SMILES string of the molecule is COC(=O)c1cc(N(C)C2CCC(C)(C)CC2)ccc1N. The smallest absolute Gasteiger partial charge is 0.340 e. The Bertz CT molecular complexity index is 516. The van der Waals surface area contributed by atoms with Gasteiger partial charge in [0.25, 0.3) is 0 Å². The number of nitrogens with zero attached hydrogens (tertiary/aromatic N) is 1. The van der Waals surface area contributed by atoms with Gasteiger partial charge in [-0.25, -0.2) is 4.79 Å². The van der Waals surface area contributed by atoms with Gasteiger partial charge in [-0.05, 0) is 49.3 Å². The molecule has 0 heterocycles. The third-order valence-corrected chi connectivity index (χ3v) is 4.71. The number of carbonyl (C=O) groups is 1. The summed E-state index contributed by atoms with van der Waals surface area (Å²) < 4.78 is 4.79. The number of rotatable bonds is 3. The highest BCUT2D eigenvalue weighted by Gasteiger charge is 2.29. The third kappa shape index (κ3) is 3.49. The number of carbonyl (C=O) groups excluding carboxylic acids is 1. The van der Waals surface area contributed by atoms with E-state index in [1.54, 1.807) is 6.07 Å². The van der Waals surface area contributed by atoms with Gasteiger partial charge in [0.1, 0.15) is 0 Å². The van der Waals surface area contributed by atoms with E-state index in [0.717, 1.165) is 5.69 Å². The molecular formula is C17H26N2O2. The van der Waals surface area contributed by atoms with Gasteiger partial charge in [0.2, 0.25) is 0 Å². The van der Waals surface area contributed by atoms with Crippen LogP contribution in [0.15, 0.2) is 18.2 Å². The van der Waals surface area contributed by atoms with Crippen molar-refractivity contribution in [2.24, 2.45) is 5.41 Å². The Balaban J connectivity index is 2.16. The number of methoxy groups -OCH3 is 1. The van der Waals surface area contributed by atoms with Crippen LogP contribution < -0.4 is 10.6 Å². The second-order valence-corrected chi connectivity index (χ2v) is 6.77. The first kappa shape index (κ1) is 15.7. The van der Waals surface area contributed by atoms with Crippen molar-refractivity contribution in [3.05, 3.63) is 23.8 Å². The minimum atomic E-state index is -0.382.